The molecule has 1 aliphatic heterocycles. The van der Waals surface area contributed by atoms with Crippen LogP contribution in [0.1, 0.15) is 103 Å². The minimum atomic E-state index is 0.635. The summed E-state index contributed by atoms with van der Waals surface area (Å²) in [4.78, 5) is 2.64. The van der Waals surface area contributed by atoms with Gasteiger partial charge < -0.3 is 4.90 Å². The van der Waals surface area contributed by atoms with Crippen molar-refractivity contribution in [1.82, 2.24) is 4.90 Å². The Labute approximate surface area is 146 Å². The lowest BCUT2D eigenvalue weighted by molar-refractivity contribution is 0.225. The predicted molar refractivity (Wildman–Crippen MR) is 104 cm³/mol. The molecule has 0 aromatic rings. The van der Waals surface area contributed by atoms with E-state index < -0.39 is 0 Å². The summed E-state index contributed by atoms with van der Waals surface area (Å²) in [5.74, 6) is 0. The van der Waals surface area contributed by atoms with Crippen molar-refractivity contribution < 1.29 is 0 Å². The summed E-state index contributed by atoms with van der Waals surface area (Å²) in [7, 11) is 0. The van der Waals surface area contributed by atoms with E-state index in [0.717, 1.165) is 0 Å². The monoisotopic (exact) mass is 327 g/mol. The zero-order chi connectivity index (χ0) is 15.9. The van der Waals surface area contributed by atoms with E-state index in [0.29, 0.717) is 5.25 Å². The second-order valence-corrected chi connectivity index (χ2v) is 8.05. The minimum Gasteiger partial charge on any atom is -0.303 e. The molecule has 1 atom stereocenters. The fraction of sp³-hybridized carbons (Fsp3) is 1.00. The van der Waals surface area contributed by atoms with Gasteiger partial charge in [-0.05, 0) is 45.3 Å². The number of rotatable bonds is 14. The highest BCUT2D eigenvalue weighted by atomic mass is 32.1. The average molecular weight is 328 g/mol. The van der Waals surface area contributed by atoms with Crippen molar-refractivity contribution in [2.45, 2.75) is 108 Å². The van der Waals surface area contributed by atoms with Crippen molar-refractivity contribution in [3.05, 3.63) is 0 Å². The third-order valence-electron chi connectivity index (χ3n) is 5.12. The first kappa shape index (κ1) is 20.4. The molecular formula is C20H41NS. The lowest BCUT2D eigenvalue weighted by atomic mass is 10.0. The van der Waals surface area contributed by atoms with Crippen LogP contribution in [0.4, 0.5) is 0 Å². The van der Waals surface area contributed by atoms with Gasteiger partial charge in [-0.15, -0.1) is 0 Å². The summed E-state index contributed by atoms with van der Waals surface area (Å²) in [6.45, 7) is 6.24. The highest BCUT2D eigenvalue weighted by molar-refractivity contribution is 7.80. The predicted octanol–water partition coefficient (Wildman–Crippen LogP) is 6.47. The topological polar surface area (TPSA) is 3.24 Å². The summed E-state index contributed by atoms with van der Waals surface area (Å²) in [6, 6.07) is 0. The van der Waals surface area contributed by atoms with E-state index >= 15 is 0 Å². The summed E-state index contributed by atoms with van der Waals surface area (Å²) < 4.78 is 0. The highest BCUT2D eigenvalue weighted by Crippen LogP contribution is 2.17. The molecule has 1 nitrogen and oxygen atoms in total. The van der Waals surface area contributed by atoms with Gasteiger partial charge in [0.1, 0.15) is 0 Å². The molecule has 0 aromatic carbocycles. The number of hydrogen-bond acceptors (Lipinski definition) is 2. The molecule has 0 amide bonds. The Kier molecular flexibility index (Phi) is 13.8. The Morgan fingerprint density at radius 3 is 1.86 bits per heavy atom. The van der Waals surface area contributed by atoms with Crippen molar-refractivity contribution in [2.24, 2.45) is 0 Å². The second-order valence-electron chi connectivity index (χ2n) is 7.32. The largest absolute Gasteiger partial charge is 0.303 e. The van der Waals surface area contributed by atoms with Crippen LogP contribution in [0.3, 0.4) is 0 Å². The molecule has 0 aliphatic carbocycles. The molecule has 1 saturated heterocycles. The van der Waals surface area contributed by atoms with Crippen LogP contribution in [0.25, 0.3) is 0 Å². The lowest BCUT2D eigenvalue weighted by Crippen LogP contribution is -2.31. The van der Waals surface area contributed by atoms with Crippen LogP contribution in [0, 0.1) is 0 Å². The second kappa shape index (κ2) is 14.9. The molecule has 1 heterocycles. The van der Waals surface area contributed by atoms with Gasteiger partial charge in [-0.2, -0.15) is 12.6 Å². The molecule has 1 unspecified atom stereocenters. The highest BCUT2D eigenvalue weighted by Gasteiger charge is 2.11. The van der Waals surface area contributed by atoms with Crippen LogP contribution in [0.2, 0.25) is 0 Å². The fourth-order valence-corrected chi connectivity index (χ4v) is 3.82. The van der Waals surface area contributed by atoms with E-state index in [1.54, 1.807) is 0 Å². The first-order valence-electron chi connectivity index (χ1n) is 10.2. The van der Waals surface area contributed by atoms with E-state index in [4.69, 9.17) is 12.6 Å². The molecule has 1 rings (SSSR count). The first-order chi connectivity index (χ1) is 10.8. The quantitative estimate of drug-likeness (QED) is 0.282. The molecule has 0 bridgehead atoms. The molecule has 0 aromatic heterocycles. The van der Waals surface area contributed by atoms with E-state index in [9.17, 15) is 0 Å². The van der Waals surface area contributed by atoms with Crippen LogP contribution in [0.5, 0.6) is 0 Å². The lowest BCUT2D eigenvalue weighted by Gasteiger charge is -2.27. The summed E-state index contributed by atoms with van der Waals surface area (Å²) in [5.41, 5.74) is 0. The van der Waals surface area contributed by atoms with Crippen molar-refractivity contribution in [2.75, 3.05) is 19.6 Å². The Morgan fingerprint density at radius 1 is 0.727 bits per heavy atom. The van der Waals surface area contributed by atoms with Gasteiger partial charge in [0.05, 0.1) is 0 Å². The zero-order valence-electron chi connectivity index (χ0n) is 15.2. The van der Waals surface area contributed by atoms with Crippen LogP contribution in [-0.4, -0.2) is 29.8 Å². The summed E-state index contributed by atoms with van der Waals surface area (Å²) in [6.07, 6.45) is 21.2. The van der Waals surface area contributed by atoms with Gasteiger partial charge in [0.2, 0.25) is 0 Å². The van der Waals surface area contributed by atoms with Gasteiger partial charge in [-0.1, -0.05) is 77.6 Å². The van der Waals surface area contributed by atoms with Crippen molar-refractivity contribution in [3.8, 4) is 0 Å². The smallest absolute Gasteiger partial charge is 0.00289 e. The molecule has 0 N–H and O–H groups in total. The molecule has 1 fully saturated rings. The minimum absolute atomic E-state index is 0.635. The van der Waals surface area contributed by atoms with Crippen LogP contribution in [0.15, 0.2) is 0 Å². The normalized spacial score (nSPS) is 17.7. The molecule has 0 spiro atoms. The van der Waals surface area contributed by atoms with Gasteiger partial charge in [-0.25, -0.2) is 0 Å². The van der Waals surface area contributed by atoms with Gasteiger partial charge in [0.15, 0.2) is 0 Å². The number of likely N-dealkylation sites (tertiary alicyclic amines) is 1. The summed E-state index contributed by atoms with van der Waals surface area (Å²) in [5, 5.41) is 0.635. The number of hydrogen-bond donors (Lipinski definition) is 1. The van der Waals surface area contributed by atoms with E-state index in [-0.39, 0.29) is 0 Å². The number of unbranched alkanes of at least 4 members (excludes halogenated alkanes) is 9. The van der Waals surface area contributed by atoms with Gasteiger partial charge >= 0.3 is 0 Å². The zero-order valence-corrected chi connectivity index (χ0v) is 16.1. The molecule has 0 saturated carbocycles. The number of thiol groups is 1. The summed E-state index contributed by atoms with van der Waals surface area (Å²) >= 11 is 4.79. The van der Waals surface area contributed by atoms with Gasteiger partial charge in [0, 0.05) is 5.25 Å². The van der Waals surface area contributed by atoms with E-state index in [1.165, 1.54) is 116 Å². The van der Waals surface area contributed by atoms with Crippen LogP contribution < -0.4 is 0 Å². The Bertz CT molecular complexity index is 226. The third kappa shape index (κ3) is 11.8. The SMILES string of the molecule is CCCCCCCCCCCCC(S)CCN1CCCCC1. The third-order valence-corrected chi connectivity index (χ3v) is 5.63. The molecule has 132 valence electrons. The maximum atomic E-state index is 4.79. The molecule has 2 heteroatoms. The molecular weight excluding hydrogens is 286 g/mol. The maximum Gasteiger partial charge on any atom is 0.00289 e. The van der Waals surface area contributed by atoms with E-state index in [2.05, 4.69) is 11.8 Å². The van der Waals surface area contributed by atoms with Crippen molar-refractivity contribution in [1.29, 1.82) is 0 Å². The van der Waals surface area contributed by atoms with Crippen LogP contribution in [-0.2, 0) is 0 Å². The van der Waals surface area contributed by atoms with E-state index in [1.807, 2.05) is 0 Å². The Balaban J connectivity index is 1.79. The average Bonchev–Trinajstić information content (AvgIpc) is 2.55. The van der Waals surface area contributed by atoms with Crippen LogP contribution >= 0.6 is 12.6 Å². The Morgan fingerprint density at radius 2 is 1.27 bits per heavy atom. The van der Waals surface area contributed by atoms with Crippen molar-refractivity contribution in [3.63, 3.8) is 0 Å². The molecule has 1 aliphatic rings. The fourth-order valence-electron chi connectivity index (χ4n) is 3.53. The number of nitrogens with zero attached hydrogens (tertiary/aromatic N) is 1. The molecule has 0 radical (unpaired) electrons. The molecule has 22 heavy (non-hydrogen) atoms. The standard InChI is InChI=1S/C20H41NS/c1-2-3-4-5-6-7-8-9-10-12-15-20(22)16-19-21-17-13-11-14-18-21/h20,22H,2-19H2,1H3. The van der Waals surface area contributed by atoms with Crippen molar-refractivity contribution >= 4 is 12.6 Å². The van der Waals surface area contributed by atoms with Gasteiger partial charge in [-0.3, -0.25) is 0 Å². The Hall–Kier alpha value is 0.310. The first-order valence-corrected chi connectivity index (χ1v) is 10.7. The van der Waals surface area contributed by atoms with Gasteiger partial charge in [0.25, 0.3) is 0 Å². The maximum absolute atomic E-state index is 4.79. The number of piperidine rings is 1.